The third-order valence-corrected chi connectivity index (χ3v) is 3.62. The van der Waals surface area contributed by atoms with E-state index in [1.165, 1.54) is 4.79 Å². The van der Waals surface area contributed by atoms with Crippen LogP contribution in [-0.4, -0.2) is 47.3 Å². The van der Waals surface area contributed by atoms with E-state index >= 15 is 0 Å². The van der Waals surface area contributed by atoms with Gasteiger partial charge in [-0.25, -0.2) is 0 Å². The fourth-order valence-electron chi connectivity index (χ4n) is 2.41. The minimum Gasteiger partial charge on any atom is -0.458 e. The van der Waals surface area contributed by atoms with Crippen LogP contribution in [0.15, 0.2) is 36.4 Å². The van der Waals surface area contributed by atoms with Crippen LogP contribution in [0.1, 0.15) is 6.92 Å². The molecule has 1 saturated heterocycles. The zero-order valence-corrected chi connectivity index (χ0v) is 12.1. The highest BCUT2D eigenvalue weighted by molar-refractivity contribution is 5.59. The quantitative estimate of drug-likeness (QED) is 0.860. The van der Waals surface area contributed by atoms with Gasteiger partial charge in [-0.05, 0) is 6.92 Å². The maximum absolute atomic E-state index is 5.93. The van der Waals surface area contributed by atoms with Crippen LogP contribution in [0, 0.1) is 0 Å². The lowest BCUT2D eigenvalue weighted by molar-refractivity contribution is -0.0398. The summed E-state index contributed by atoms with van der Waals surface area (Å²) in [5.41, 5.74) is 1.83. The zero-order chi connectivity index (χ0) is 14.7. The molecule has 1 aromatic heterocycles. The van der Waals surface area contributed by atoms with E-state index in [0.717, 1.165) is 37.6 Å². The molecule has 1 aliphatic heterocycles. The number of nitrogens with zero attached hydrogens (tertiary/aromatic N) is 3. The van der Waals surface area contributed by atoms with E-state index < -0.39 is 0 Å². The second-order valence-electron chi connectivity index (χ2n) is 5.04. The van der Waals surface area contributed by atoms with Crippen molar-refractivity contribution in [3.63, 3.8) is 0 Å². The van der Waals surface area contributed by atoms with E-state index in [1.807, 2.05) is 43.3 Å². The molecule has 3 rings (SSSR count). The number of nitrogen functional groups attached to an aromatic ring is 1. The first-order valence-corrected chi connectivity index (χ1v) is 7.13. The van der Waals surface area contributed by atoms with E-state index in [1.54, 1.807) is 0 Å². The Balaban J connectivity index is 1.72. The Bertz CT molecular complexity index is 579. The van der Waals surface area contributed by atoms with Crippen molar-refractivity contribution in [1.29, 1.82) is 0 Å². The Morgan fingerprint density at radius 3 is 2.67 bits per heavy atom. The number of benzene rings is 1. The molecule has 0 saturated carbocycles. The van der Waals surface area contributed by atoms with Crippen LogP contribution in [0.5, 0.6) is 5.88 Å². The van der Waals surface area contributed by atoms with Crippen molar-refractivity contribution in [3.05, 3.63) is 36.4 Å². The number of nitrogens with two attached hydrogens (primary N) is 1. The third-order valence-electron chi connectivity index (χ3n) is 3.62. The first-order valence-electron chi connectivity index (χ1n) is 7.13. The summed E-state index contributed by atoms with van der Waals surface area (Å²) in [5, 5.41) is 4.31. The largest absolute Gasteiger partial charge is 0.458 e. The molecule has 6 nitrogen and oxygen atoms in total. The zero-order valence-electron chi connectivity index (χ0n) is 12.1. The van der Waals surface area contributed by atoms with Crippen molar-refractivity contribution in [2.24, 2.45) is 0 Å². The van der Waals surface area contributed by atoms with Crippen molar-refractivity contribution in [2.45, 2.75) is 13.2 Å². The van der Waals surface area contributed by atoms with E-state index in [0.29, 0.717) is 5.88 Å². The van der Waals surface area contributed by atoms with Gasteiger partial charge in [0.2, 0.25) is 5.88 Å². The van der Waals surface area contributed by atoms with Crippen LogP contribution in [-0.2, 0) is 4.74 Å². The van der Waals surface area contributed by atoms with Crippen molar-refractivity contribution in [3.8, 4) is 17.1 Å². The molecule has 0 amide bonds. The van der Waals surface area contributed by atoms with Crippen LogP contribution in [0.3, 0.4) is 0 Å². The van der Waals surface area contributed by atoms with Gasteiger partial charge >= 0.3 is 0 Å². The predicted octanol–water partition coefficient (Wildman–Crippen LogP) is 1.32. The molecule has 2 aromatic rings. The van der Waals surface area contributed by atoms with Crippen LogP contribution in [0.2, 0.25) is 0 Å². The molecule has 2 heterocycles. The summed E-state index contributed by atoms with van der Waals surface area (Å²) in [4.78, 5) is 3.51. The molecule has 1 atom stereocenters. The van der Waals surface area contributed by atoms with Crippen LogP contribution in [0.4, 0.5) is 0 Å². The monoisotopic (exact) mass is 288 g/mol. The Hall–Kier alpha value is -2.05. The molecular weight excluding hydrogens is 268 g/mol. The number of hydrogen-bond acceptors (Lipinski definition) is 5. The smallest absolute Gasteiger partial charge is 0.234 e. The number of hydrogen-bond donors (Lipinski definition) is 1. The van der Waals surface area contributed by atoms with Crippen LogP contribution >= 0.6 is 0 Å². The van der Waals surface area contributed by atoms with Crippen molar-refractivity contribution in [2.75, 3.05) is 32.1 Å². The molecule has 1 aliphatic rings. The SMILES string of the molecule is CC(Oc1cc(-c2ccccc2)nn1N)N1CCOCC1. The molecule has 2 N–H and O–H groups in total. The molecular formula is C15H20N4O2. The highest BCUT2D eigenvalue weighted by Crippen LogP contribution is 2.23. The minimum absolute atomic E-state index is 0.0588. The molecule has 1 unspecified atom stereocenters. The Morgan fingerprint density at radius 2 is 1.95 bits per heavy atom. The summed E-state index contributed by atoms with van der Waals surface area (Å²) in [5.74, 6) is 6.46. The van der Waals surface area contributed by atoms with Crippen molar-refractivity contribution in [1.82, 2.24) is 14.8 Å². The normalized spacial score (nSPS) is 17.6. The summed E-state index contributed by atoms with van der Waals surface area (Å²) < 4.78 is 11.3. The van der Waals surface area contributed by atoms with Gasteiger partial charge in [0.05, 0.1) is 18.9 Å². The van der Waals surface area contributed by atoms with E-state index in [9.17, 15) is 0 Å². The van der Waals surface area contributed by atoms with Gasteiger partial charge in [0.1, 0.15) is 0 Å². The first kappa shape index (κ1) is 13.9. The average Bonchev–Trinajstić information content (AvgIpc) is 2.90. The van der Waals surface area contributed by atoms with Gasteiger partial charge in [-0.1, -0.05) is 30.3 Å². The third kappa shape index (κ3) is 3.17. The standard InChI is InChI=1S/C15H20N4O2/c1-12(18-7-9-20-10-8-18)21-15-11-14(17-19(15)16)13-5-3-2-4-6-13/h2-6,11-12H,7-10,16H2,1H3. The van der Waals surface area contributed by atoms with Gasteiger partial charge in [-0.15, -0.1) is 9.89 Å². The van der Waals surface area contributed by atoms with Crippen molar-refractivity contribution < 1.29 is 9.47 Å². The molecule has 112 valence electrons. The van der Waals surface area contributed by atoms with Crippen molar-refractivity contribution >= 4 is 0 Å². The molecule has 0 aliphatic carbocycles. The predicted molar refractivity (Wildman–Crippen MR) is 80.3 cm³/mol. The summed E-state index contributed by atoms with van der Waals surface area (Å²) in [7, 11) is 0. The summed E-state index contributed by atoms with van der Waals surface area (Å²) in [6.45, 7) is 5.23. The van der Waals surface area contributed by atoms with Crippen LogP contribution < -0.4 is 10.6 Å². The van der Waals surface area contributed by atoms with Gasteiger partial charge in [0.15, 0.2) is 6.23 Å². The fourth-order valence-corrected chi connectivity index (χ4v) is 2.41. The first-order chi connectivity index (χ1) is 10.2. The van der Waals surface area contributed by atoms with Gasteiger partial charge in [0.25, 0.3) is 0 Å². The van der Waals surface area contributed by atoms with Gasteiger partial charge in [0, 0.05) is 24.7 Å². The topological polar surface area (TPSA) is 65.5 Å². The molecule has 0 spiro atoms. The Morgan fingerprint density at radius 1 is 1.24 bits per heavy atom. The molecule has 21 heavy (non-hydrogen) atoms. The summed E-state index contributed by atoms with van der Waals surface area (Å²) in [6.07, 6.45) is -0.0588. The molecule has 6 heteroatoms. The number of morpholine rings is 1. The van der Waals surface area contributed by atoms with E-state index in [4.69, 9.17) is 15.3 Å². The number of aromatic nitrogens is 2. The lowest BCUT2D eigenvalue weighted by Gasteiger charge is -2.31. The van der Waals surface area contributed by atoms with E-state index in [-0.39, 0.29) is 6.23 Å². The molecule has 1 aromatic carbocycles. The van der Waals surface area contributed by atoms with E-state index in [2.05, 4.69) is 10.00 Å². The number of ether oxygens (including phenoxy) is 2. The van der Waals surface area contributed by atoms with Gasteiger partial charge < -0.3 is 15.3 Å². The Kier molecular flexibility index (Phi) is 4.08. The van der Waals surface area contributed by atoms with Crippen LogP contribution in [0.25, 0.3) is 11.3 Å². The molecule has 0 bridgehead atoms. The average molecular weight is 288 g/mol. The molecule has 0 radical (unpaired) electrons. The summed E-state index contributed by atoms with van der Waals surface area (Å²) >= 11 is 0. The number of rotatable bonds is 4. The minimum atomic E-state index is -0.0588. The maximum atomic E-state index is 5.93. The highest BCUT2D eigenvalue weighted by Gasteiger charge is 2.20. The second kappa shape index (κ2) is 6.15. The lowest BCUT2D eigenvalue weighted by Crippen LogP contribution is -2.45. The lowest BCUT2D eigenvalue weighted by atomic mass is 10.2. The second-order valence-corrected chi connectivity index (χ2v) is 5.04. The van der Waals surface area contributed by atoms with Gasteiger partial charge in [-0.3, -0.25) is 4.90 Å². The summed E-state index contributed by atoms with van der Waals surface area (Å²) in [6, 6.07) is 11.8. The maximum Gasteiger partial charge on any atom is 0.234 e. The Labute approximate surface area is 124 Å². The highest BCUT2D eigenvalue weighted by atomic mass is 16.5. The van der Waals surface area contributed by atoms with Gasteiger partial charge in [-0.2, -0.15) is 0 Å². The molecule has 1 fully saturated rings. The fraction of sp³-hybridized carbons (Fsp3) is 0.400.